The first-order valence-corrected chi connectivity index (χ1v) is 13.6. The second-order valence-corrected chi connectivity index (χ2v) is 11.5. The van der Waals surface area contributed by atoms with Gasteiger partial charge in [0.25, 0.3) is 5.56 Å². The lowest BCUT2D eigenvalue weighted by molar-refractivity contribution is 0.0326. The van der Waals surface area contributed by atoms with Crippen LogP contribution in [0.2, 0.25) is 0 Å². The van der Waals surface area contributed by atoms with Crippen LogP contribution in [-0.2, 0) is 5.54 Å². The summed E-state index contributed by atoms with van der Waals surface area (Å²) in [6, 6.07) is 5.38. The molecule has 2 fully saturated rings. The van der Waals surface area contributed by atoms with Gasteiger partial charge in [-0.25, -0.2) is 4.68 Å². The SMILES string of the molecule is CCC(C)(C)n1nnnc1[C@@H](c1cc2cc(OC)c(OC)cc2[nH]c1=O)N1CCCC2(CCCCC2)C1. The average molecular weight is 509 g/mol. The Morgan fingerprint density at radius 1 is 1.05 bits per heavy atom. The van der Waals surface area contributed by atoms with Crippen molar-refractivity contribution >= 4 is 10.9 Å². The summed E-state index contributed by atoms with van der Waals surface area (Å²) in [4.78, 5) is 19.3. The molecule has 0 bridgehead atoms. The number of methoxy groups -OCH3 is 2. The lowest BCUT2D eigenvalue weighted by Gasteiger charge is -2.47. The molecule has 0 unspecified atom stereocenters. The summed E-state index contributed by atoms with van der Waals surface area (Å²) in [5.74, 6) is 1.93. The first kappa shape index (κ1) is 25.7. The van der Waals surface area contributed by atoms with E-state index in [0.29, 0.717) is 28.0 Å². The number of pyridine rings is 1. The van der Waals surface area contributed by atoms with E-state index in [1.807, 2.05) is 22.9 Å². The van der Waals surface area contributed by atoms with E-state index >= 15 is 0 Å². The van der Waals surface area contributed by atoms with Gasteiger partial charge in [-0.3, -0.25) is 9.69 Å². The van der Waals surface area contributed by atoms with Gasteiger partial charge in [0, 0.05) is 23.6 Å². The highest BCUT2D eigenvalue weighted by Gasteiger charge is 2.42. The topological polar surface area (TPSA) is 98.2 Å². The molecule has 0 radical (unpaired) electrons. The normalized spacial score (nSPS) is 19.3. The summed E-state index contributed by atoms with van der Waals surface area (Å²) in [5.41, 5.74) is 1.27. The Hall–Kier alpha value is -2.94. The minimum Gasteiger partial charge on any atom is -0.493 e. The highest BCUT2D eigenvalue weighted by atomic mass is 16.5. The summed E-state index contributed by atoms with van der Waals surface area (Å²) < 4.78 is 12.9. The molecule has 1 saturated heterocycles. The van der Waals surface area contributed by atoms with E-state index in [1.54, 1.807) is 14.2 Å². The number of benzene rings is 1. The van der Waals surface area contributed by atoms with Gasteiger partial charge in [-0.2, -0.15) is 0 Å². The predicted octanol–water partition coefficient (Wildman–Crippen LogP) is 4.81. The van der Waals surface area contributed by atoms with Crippen molar-refractivity contribution in [3.05, 3.63) is 39.9 Å². The van der Waals surface area contributed by atoms with E-state index in [1.165, 1.54) is 38.5 Å². The number of aromatic nitrogens is 5. The number of piperidine rings is 1. The highest BCUT2D eigenvalue weighted by Crippen LogP contribution is 2.46. The molecule has 1 saturated carbocycles. The van der Waals surface area contributed by atoms with Crippen LogP contribution in [0.1, 0.15) is 89.6 Å². The van der Waals surface area contributed by atoms with E-state index < -0.39 is 0 Å². The zero-order chi connectivity index (χ0) is 26.2. The van der Waals surface area contributed by atoms with Crippen LogP contribution in [0.4, 0.5) is 0 Å². The second-order valence-electron chi connectivity index (χ2n) is 11.5. The molecule has 0 amide bonds. The quantitative estimate of drug-likeness (QED) is 0.489. The molecule has 1 aliphatic carbocycles. The maximum absolute atomic E-state index is 13.7. The molecule has 3 heterocycles. The molecule has 9 nitrogen and oxygen atoms in total. The zero-order valence-electron chi connectivity index (χ0n) is 22.8. The number of fused-ring (bicyclic) bond motifs is 1. The highest BCUT2D eigenvalue weighted by molar-refractivity contribution is 5.83. The molecule has 9 heteroatoms. The van der Waals surface area contributed by atoms with Gasteiger partial charge in [0.15, 0.2) is 17.3 Å². The zero-order valence-corrected chi connectivity index (χ0v) is 22.8. The average Bonchev–Trinajstić information content (AvgIpc) is 3.39. The van der Waals surface area contributed by atoms with E-state index in [4.69, 9.17) is 9.47 Å². The Morgan fingerprint density at radius 3 is 2.46 bits per heavy atom. The van der Waals surface area contributed by atoms with Gasteiger partial charge in [0.2, 0.25) is 0 Å². The molecular weight excluding hydrogens is 468 g/mol. The van der Waals surface area contributed by atoms with Crippen LogP contribution in [0.15, 0.2) is 23.0 Å². The number of tetrazole rings is 1. The fourth-order valence-electron chi connectivity index (χ4n) is 6.37. The number of nitrogens with one attached hydrogen (secondary N) is 1. The van der Waals surface area contributed by atoms with Crippen molar-refractivity contribution in [3.8, 4) is 11.5 Å². The Morgan fingerprint density at radius 2 is 1.76 bits per heavy atom. The van der Waals surface area contributed by atoms with Gasteiger partial charge in [-0.15, -0.1) is 5.10 Å². The largest absolute Gasteiger partial charge is 0.493 e. The van der Waals surface area contributed by atoms with Crippen LogP contribution in [0, 0.1) is 5.41 Å². The second kappa shape index (κ2) is 10.1. The number of aromatic amines is 1. The number of ether oxygens (including phenoxy) is 2. The van der Waals surface area contributed by atoms with Gasteiger partial charge < -0.3 is 14.5 Å². The molecular formula is C28H40N6O3. The van der Waals surface area contributed by atoms with Crippen molar-refractivity contribution < 1.29 is 9.47 Å². The van der Waals surface area contributed by atoms with Crippen molar-refractivity contribution in [1.29, 1.82) is 0 Å². The summed E-state index contributed by atoms with van der Waals surface area (Å²) >= 11 is 0. The lowest BCUT2D eigenvalue weighted by Crippen LogP contribution is -2.48. The monoisotopic (exact) mass is 508 g/mol. The summed E-state index contributed by atoms with van der Waals surface area (Å²) in [6.07, 6.45) is 9.66. The fraction of sp³-hybridized carbons (Fsp3) is 0.643. The lowest BCUT2D eigenvalue weighted by atomic mass is 9.69. The Kier molecular flexibility index (Phi) is 7.00. The molecule has 1 aromatic carbocycles. The summed E-state index contributed by atoms with van der Waals surface area (Å²) in [6.45, 7) is 8.30. The summed E-state index contributed by atoms with van der Waals surface area (Å²) in [7, 11) is 3.22. The van der Waals surface area contributed by atoms with Crippen LogP contribution in [0.5, 0.6) is 11.5 Å². The number of nitrogens with zero attached hydrogens (tertiary/aromatic N) is 5. The van der Waals surface area contributed by atoms with E-state index in [2.05, 4.69) is 46.2 Å². The third-order valence-corrected chi connectivity index (χ3v) is 8.82. The number of rotatable bonds is 7. The molecule has 1 aliphatic heterocycles. The number of H-pyrrole nitrogens is 1. The maximum Gasteiger partial charge on any atom is 0.253 e. The smallest absolute Gasteiger partial charge is 0.253 e. The van der Waals surface area contributed by atoms with E-state index in [9.17, 15) is 4.79 Å². The Labute approximate surface area is 218 Å². The number of hydrogen-bond acceptors (Lipinski definition) is 7. The van der Waals surface area contributed by atoms with Crippen LogP contribution in [-0.4, -0.2) is 57.4 Å². The van der Waals surface area contributed by atoms with Gasteiger partial charge in [0.05, 0.1) is 25.3 Å². The molecule has 2 aliphatic rings. The van der Waals surface area contributed by atoms with Crippen LogP contribution in [0.3, 0.4) is 0 Å². The van der Waals surface area contributed by atoms with Gasteiger partial charge in [0.1, 0.15) is 6.04 Å². The standard InChI is InChI=1S/C28H40N6O3/c1-6-27(2,3)34-25(30-31-32-34)24(33-14-10-13-28(18-33)11-8-7-9-12-28)20-15-19-16-22(36-4)23(37-5)17-21(19)29-26(20)35/h15-17,24H,6-14,18H2,1-5H3,(H,29,35)/t24-/m1/s1. The van der Waals surface area contributed by atoms with Gasteiger partial charge in [-0.1, -0.05) is 26.2 Å². The first-order chi connectivity index (χ1) is 17.8. The number of hydrogen-bond donors (Lipinski definition) is 1. The summed E-state index contributed by atoms with van der Waals surface area (Å²) in [5, 5.41) is 14.0. The van der Waals surface area contributed by atoms with Crippen LogP contribution >= 0.6 is 0 Å². The van der Waals surface area contributed by atoms with E-state index in [0.717, 1.165) is 37.1 Å². The predicted molar refractivity (Wildman–Crippen MR) is 143 cm³/mol. The van der Waals surface area contributed by atoms with E-state index in [-0.39, 0.29) is 17.1 Å². The molecule has 1 N–H and O–H groups in total. The Bertz CT molecular complexity index is 1300. The van der Waals surface area contributed by atoms with Crippen molar-refractivity contribution in [3.63, 3.8) is 0 Å². The minimum absolute atomic E-state index is 0.128. The molecule has 3 aromatic rings. The van der Waals surface area contributed by atoms with Crippen LogP contribution < -0.4 is 15.0 Å². The van der Waals surface area contributed by atoms with Gasteiger partial charge >= 0.3 is 0 Å². The van der Waals surface area contributed by atoms with Crippen molar-refractivity contribution in [2.45, 2.75) is 83.7 Å². The van der Waals surface area contributed by atoms with Gasteiger partial charge in [-0.05, 0) is 80.5 Å². The van der Waals surface area contributed by atoms with Crippen molar-refractivity contribution in [1.82, 2.24) is 30.1 Å². The third-order valence-electron chi connectivity index (χ3n) is 8.82. The molecule has 37 heavy (non-hydrogen) atoms. The van der Waals surface area contributed by atoms with Crippen molar-refractivity contribution in [2.24, 2.45) is 5.41 Å². The molecule has 200 valence electrons. The maximum atomic E-state index is 13.7. The molecule has 1 spiro atoms. The fourth-order valence-corrected chi connectivity index (χ4v) is 6.37. The minimum atomic E-state index is -0.346. The number of likely N-dealkylation sites (tertiary alicyclic amines) is 1. The van der Waals surface area contributed by atoms with Crippen molar-refractivity contribution in [2.75, 3.05) is 27.3 Å². The molecule has 5 rings (SSSR count). The molecule has 2 aromatic heterocycles. The van der Waals surface area contributed by atoms with Crippen LogP contribution in [0.25, 0.3) is 10.9 Å². The first-order valence-electron chi connectivity index (χ1n) is 13.6. The molecule has 1 atom stereocenters. The third kappa shape index (κ3) is 4.74. The Balaban J connectivity index is 1.67.